The molecule has 2 atom stereocenters. The molecule has 5 heteroatoms. The van der Waals surface area contributed by atoms with Crippen LogP contribution in [0.1, 0.15) is 38.3 Å². The summed E-state index contributed by atoms with van der Waals surface area (Å²) in [5.74, 6) is 0.171. The second-order valence-electron chi connectivity index (χ2n) is 4.62. The molecule has 0 heterocycles. The van der Waals surface area contributed by atoms with Crippen molar-refractivity contribution in [2.75, 3.05) is 6.54 Å². The van der Waals surface area contributed by atoms with E-state index in [2.05, 4.69) is 10.1 Å². The fraction of sp³-hybridized carbons (Fsp3) is 0.571. The van der Waals surface area contributed by atoms with Crippen LogP contribution in [0.2, 0.25) is 0 Å². The lowest BCUT2D eigenvalue weighted by molar-refractivity contribution is -0.0499. The highest BCUT2D eigenvalue weighted by molar-refractivity contribution is 5.30. The number of halogens is 2. The topological polar surface area (TPSA) is 41.5 Å². The maximum Gasteiger partial charge on any atom is 0.387 e. The zero-order valence-corrected chi connectivity index (χ0v) is 11.3. The minimum Gasteiger partial charge on any atom is -0.435 e. The second-order valence-corrected chi connectivity index (χ2v) is 4.62. The molecule has 108 valence electrons. The molecule has 0 aliphatic rings. The molecule has 1 aromatic rings. The Kier molecular flexibility index (Phi) is 6.73. The molecule has 0 saturated carbocycles. The molecule has 0 aliphatic carbocycles. The number of aliphatic hydroxyl groups excluding tert-OH is 1. The molecule has 0 radical (unpaired) electrons. The van der Waals surface area contributed by atoms with Crippen LogP contribution in [0.5, 0.6) is 5.75 Å². The smallest absolute Gasteiger partial charge is 0.387 e. The Balaban J connectivity index is 2.45. The van der Waals surface area contributed by atoms with Gasteiger partial charge in [0.1, 0.15) is 5.75 Å². The maximum atomic E-state index is 12.1. The van der Waals surface area contributed by atoms with Crippen molar-refractivity contribution in [3.05, 3.63) is 29.8 Å². The van der Waals surface area contributed by atoms with Gasteiger partial charge in [0.15, 0.2) is 0 Å². The first-order valence-electron chi connectivity index (χ1n) is 6.45. The lowest BCUT2D eigenvalue weighted by Gasteiger charge is -2.15. The molecule has 0 bridgehead atoms. The van der Waals surface area contributed by atoms with E-state index in [0.717, 1.165) is 24.9 Å². The minimum atomic E-state index is -2.80. The summed E-state index contributed by atoms with van der Waals surface area (Å²) in [6, 6.07) is 6.73. The highest BCUT2D eigenvalue weighted by atomic mass is 19.3. The molecule has 0 amide bonds. The lowest BCUT2D eigenvalue weighted by Crippen LogP contribution is -2.20. The molecular formula is C14H21F2NO2. The van der Waals surface area contributed by atoms with Gasteiger partial charge in [0.2, 0.25) is 0 Å². The third-order valence-electron chi connectivity index (χ3n) is 2.83. The van der Waals surface area contributed by atoms with E-state index in [1.807, 2.05) is 13.0 Å². The van der Waals surface area contributed by atoms with Crippen molar-refractivity contribution in [3.8, 4) is 5.75 Å². The van der Waals surface area contributed by atoms with Gasteiger partial charge in [0.25, 0.3) is 0 Å². The molecule has 19 heavy (non-hydrogen) atoms. The van der Waals surface area contributed by atoms with Gasteiger partial charge >= 0.3 is 6.61 Å². The standard InChI is InChI=1S/C14H21F2NO2/c1-10(18)5-4-8-17-11(2)12-6-3-7-13(9-12)19-14(15)16/h3,6-7,9-11,14,17-18H,4-5,8H2,1-2H3. The summed E-state index contributed by atoms with van der Waals surface area (Å²) in [4.78, 5) is 0. The summed E-state index contributed by atoms with van der Waals surface area (Å²) in [5, 5.41) is 12.4. The van der Waals surface area contributed by atoms with Crippen molar-refractivity contribution in [3.63, 3.8) is 0 Å². The van der Waals surface area contributed by atoms with Gasteiger partial charge in [-0.1, -0.05) is 12.1 Å². The molecule has 1 aromatic carbocycles. The van der Waals surface area contributed by atoms with E-state index in [9.17, 15) is 8.78 Å². The van der Waals surface area contributed by atoms with Crippen LogP contribution in [0, 0.1) is 0 Å². The molecule has 0 spiro atoms. The van der Waals surface area contributed by atoms with Gasteiger partial charge in [-0.15, -0.1) is 0 Å². The fourth-order valence-corrected chi connectivity index (χ4v) is 1.79. The lowest BCUT2D eigenvalue weighted by atomic mass is 10.1. The van der Waals surface area contributed by atoms with Crippen LogP contribution in [0.25, 0.3) is 0 Å². The molecule has 0 fully saturated rings. The summed E-state index contributed by atoms with van der Waals surface area (Å²) in [6.07, 6.45) is 1.32. The summed E-state index contributed by atoms with van der Waals surface area (Å²) >= 11 is 0. The monoisotopic (exact) mass is 273 g/mol. The third-order valence-corrected chi connectivity index (χ3v) is 2.83. The minimum absolute atomic E-state index is 0.0511. The summed E-state index contributed by atoms with van der Waals surface area (Å²) in [6.45, 7) is 1.69. The van der Waals surface area contributed by atoms with Crippen LogP contribution in [-0.4, -0.2) is 24.4 Å². The van der Waals surface area contributed by atoms with E-state index in [1.54, 1.807) is 19.1 Å². The quantitative estimate of drug-likeness (QED) is 0.715. The average Bonchev–Trinajstić information content (AvgIpc) is 2.33. The number of alkyl halides is 2. The Morgan fingerprint density at radius 2 is 2.05 bits per heavy atom. The SMILES string of the molecule is CC(O)CCCNC(C)c1cccc(OC(F)F)c1. The van der Waals surface area contributed by atoms with Gasteiger partial charge in [-0.25, -0.2) is 0 Å². The van der Waals surface area contributed by atoms with Crippen molar-refractivity contribution in [1.82, 2.24) is 5.32 Å². The van der Waals surface area contributed by atoms with E-state index in [0.29, 0.717) is 0 Å². The maximum absolute atomic E-state index is 12.1. The van der Waals surface area contributed by atoms with Crippen LogP contribution < -0.4 is 10.1 Å². The van der Waals surface area contributed by atoms with E-state index in [4.69, 9.17) is 5.11 Å². The zero-order valence-electron chi connectivity index (χ0n) is 11.3. The molecule has 1 rings (SSSR count). The molecule has 2 unspecified atom stereocenters. The Hall–Kier alpha value is -1.20. The van der Waals surface area contributed by atoms with E-state index in [-0.39, 0.29) is 17.9 Å². The van der Waals surface area contributed by atoms with Gasteiger partial charge in [0.05, 0.1) is 6.10 Å². The number of hydrogen-bond donors (Lipinski definition) is 2. The first kappa shape index (κ1) is 15.9. The van der Waals surface area contributed by atoms with Crippen LogP contribution in [0.15, 0.2) is 24.3 Å². The Morgan fingerprint density at radius 1 is 1.32 bits per heavy atom. The van der Waals surface area contributed by atoms with Crippen molar-refractivity contribution in [2.45, 2.75) is 45.4 Å². The predicted molar refractivity (Wildman–Crippen MR) is 70.4 cm³/mol. The number of ether oxygens (including phenoxy) is 1. The molecular weight excluding hydrogens is 252 g/mol. The van der Waals surface area contributed by atoms with Crippen molar-refractivity contribution >= 4 is 0 Å². The van der Waals surface area contributed by atoms with E-state index >= 15 is 0 Å². The van der Waals surface area contributed by atoms with E-state index in [1.165, 1.54) is 6.07 Å². The Morgan fingerprint density at radius 3 is 2.68 bits per heavy atom. The highest BCUT2D eigenvalue weighted by Crippen LogP contribution is 2.20. The van der Waals surface area contributed by atoms with Crippen molar-refractivity contribution < 1.29 is 18.6 Å². The molecule has 2 N–H and O–H groups in total. The molecule has 3 nitrogen and oxygen atoms in total. The highest BCUT2D eigenvalue weighted by Gasteiger charge is 2.08. The fourth-order valence-electron chi connectivity index (χ4n) is 1.79. The van der Waals surface area contributed by atoms with Gasteiger partial charge in [-0.2, -0.15) is 8.78 Å². The van der Waals surface area contributed by atoms with Crippen LogP contribution in [-0.2, 0) is 0 Å². The summed E-state index contributed by atoms with van der Waals surface area (Å²) < 4.78 is 28.6. The largest absolute Gasteiger partial charge is 0.435 e. The Bertz CT molecular complexity index is 372. The van der Waals surface area contributed by atoms with E-state index < -0.39 is 6.61 Å². The summed E-state index contributed by atoms with van der Waals surface area (Å²) in [5.41, 5.74) is 0.898. The number of rotatable bonds is 8. The van der Waals surface area contributed by atoms with Gasteiger partial charge in [-0.3, -0.25) is 0 Å². The predicted octanol–water partition coefficient (Wildman–Crippen LogP) is 3.10. The van der Waals surface area contributed by atoms with Crippen LogP contribution >= 0.6 is 0 Å². The van der Waals surface area contributed by atoms with Gasteiger partial charge < -0.3 is 15.2 Å². The van der Waals surface area contributed by atoms with Crippen LogP contribution in [0.3, 0.4) is 0 Å². The molecule has 0 aromatic heterocycles. The number of aliphatic hydroxyl groups is 1. The average molecular weight is 273 g/mol. The number of benzene rings is 1. The normalized spacial score (nSPS) is 14.4. The third kappa shape index (κ3) is 6.50. The van der Waals surface area contributed by atoms with Gasteiger partial charge in [0, 0.05) is 6.04 Å². The molecule has 0 saturated heterocycles. The summed E-state index contributed by atoms with van der Waals surface area (Å²) in [7, 11) is 0. The van der Waals surface area contributed by atoms with Crippen molar-refractivity contribution in [2.24, 2.45) is 0 Å². The first-order valence-corrected chi connectivity index (χ1v) is 6.45. The van der Waals surface area contributed by atoms with Crippen LogP contribution in [0.4, 0.5) is 8.78 Å². The Labute approximate surface area is 112 Å². The van der Waals surface area contributed by atoms with Gasteiger partial charge in [-0.05, 0) is 50.9 Å². The zero-order chi connectivity index (χ0) is 14.3. The second kappa shape index (κ2) is 8.07. The first-order chi connectivity index (χ1) is 8.99. The number of nitrogens with one attached hydrogen (secondary N) is 1. The number of hydrogen-bond acceptors (Lipinski definition) is 3. The molecule has 0 aliphatic heterocycles. The van der Waals surface area contributed by atoms with Crippen molar-refractivity contribution in [1.29, 1.82) is 0 Å².